The monoisotopic (exact) mass is 339 g/mol. The van der Waals surface area contributed by atoms with E-state index in [0.29, 0.717) is 22.3 Å². The van der Waals surface area contributed by atoms with Crippen LogP contribution in [-0.4, -0.2) is 18.7 Å². The molecule has 0 aromatic heterocycles. The molecule has 26 heavy (non-hydrogen) atoms. The van der Waals surface area contributed by atoms with E-state index < -0.39 is 0 Å². The lowest BCUT2D eigenvalue weighted by Crippen LogP contribution is -2.27. The lowest BCUT2D eigenvalue weighted by atomic mass is 9.96. The third kappa shape index (κ3) is 2.64. The molecule has 0 saturated carbocycles. The van der Waals surface area contributed by atoms with Crippen molar-refractivity contribution in [1.82, 2.24) is 0 Å². The SMILES string of the molecule is CN(C(=O)c1ccccc1C1=Cc2ccccc2C1=O)c1ccccc1. The number of carbonyl (C=O) groups excluding carboxylic acids is 2. The van der Waals surface area contributed by atoms with Crippen molar-refractivity contribution >= 4 is 29.0 Å². The third-order valence-corrected chi connectivity index (χ3v) is 4.65. The van der Waals surface area contributed by atoms with Gasteiger partial charge in [0.2, 0.25) is 0 Å². The molecule has 3 heteroatoms. The van der Waals surface area contributed by atoms with E-state index in [2.05, 4.69) is 0 Å². The van der Waals surface area contributed by atoms with Gasteiger partial charge in [-0.1, -0.05) is 60.7 Å². The summed E-state index contributed by atoms with van der Waals surface area (Å²) in [6, 6.07) is 24.3. The Morgan fingerprint density at radius 1 is 0.769 bits per heavy atom. The van der Waals surface area contributed by atoms with E-state index in [9.17, 15) is 9.59 Å². The molecule has 0 aliphatic heterocycles. The zero-order valence-corrected chi connectivity index (χ0v) is 14.3. The van der Waals surface area contributed by atoms with Crippen LogP contribution in [0.2, 0.25) is 0 Å². The highest BCUT2D eigenvalue weighted by atomic mass is 16.2. The first-order valence-corrected chi connectivity index (χ1v) is 8.45. The maximum absolute atomic E-state index is 13.1. The van der Waals surface area contributed by atoms with Gasteiger partial charge in [0.25, 0.3) is 5.91 Å². The predicted octanol–water partition coefficient (Wildman–Crippen LogP) is 4.70. The maximum atomic E-state index is 13.1. The van der Waals surface area contributed by atoms with Gasteiger partial charge in [0.05, 0.1) is 0 Å². The van der Waals surface area contributed by atoms with Crippen LogP contribution in [0.5, 0.6) is 0 Å². The van der Waals surface area contributed by atoms with E-state index in [4.69, 9.17) is 0 Å². The molecule has 0 radical (unpaired) electrons. The smallest absolute Gasteiger partial charge is 0.258 e. The van der Waals surface area contributed by atoms with Crippen molar-refractivity contribution in [3.05, 3.63) is 101 Å². The zero-order chi connectivity index (χ0) is 18.1. The minimum atomic E-state index is -0.142. The number of allylic oxidation sites excluding steroid dienone is 1. The first-order valence-electron chi connectivity index (χ1n) is 8.45. The number of hydrogen-bond acceptors (Lipinski definition) is 2. The fourth-order valence-electron chi connectivity index (χ4n) is 3.25. The van der Waals surface area contributed by atoms with Gasteiger partial charge in [-0.2, -0.15) is 0 Å². The number of fused-ring (bicyclic) bond motifs is 1. The van der Waals surface area contributed by atoms with Crippen molar-refractivity contribution in [3.63, 3.8) is 0 Å². The molecule has 1 amide bonds. The molecule has 3 nitrogen and oxygen atoms in total. The topological polar surface area (TPSA) is 37.4 Å². The van der Waals surface area contributed by atoms with E-state index >= 15 is 0 Å². The Hall–Kier alpha value is -3.46. The second-order valence-corrected chi connectivity index (χ2v) is 6.22. The predicted molar refractivity (Wildman–Crippen MR) is 104 cm³/mol. The molecule has 0 N–H and O–H groups in total. The fourth-order valence-corrected chi connectivity index (χ4v) is 3.25. The summed E-state index contributed by atoms with van der Waals surface area (Å²) in [5, 5.41) is 0. The van der Waals surface area contributed by atoms with Crippen LogP contribution in [0.4, 0.5) is 5.69 Å². The molecule has 1 aliphatic carbocycles. The molecular formula is C23H17NO2. The first-order chi connectivity index (χ1) is 12.7. The minimum absolute atomic E-state index is 0.0387. The molecule has 0 unspecified atom stereocenters. The van der Waals surface area contributed by atoms with Crippen molar-refractivity contribution in [2.75, 3.05) is 11.9 Å². The van der Waals surface area contributed by atoms with Gasteiger partial charge in [0, 0.05) is 29.4 Å². The standard InChI is InChI=1S/C23H17NO2/c1-24(17-10-3-2-4-11-17)23(26)20-14-8-7-13-19(20)21-15-16-9-5-6-12-18(16)22(21)25/h2-15H,1H3. The largest absolute Gasteiger partial charge is 0.311 e. The number of benzene rings is 3. The van der Waals surface area contributed by atoms with Gasteiger partial charge in [-0.3, -0.25) is 9.59 Å². The van der Waals surface area contributed by atoms with E-state index in [1.165, 1.54) is 0 Å². The van der Waals surface area contributed by atoms with Gasteiger partial charge < -0.3 is 4.90 Å². The Morgan fingerprint density at radius 2 is 1.38 bits per heavy atom. The number of rotatable bonds is 3. The Kier molecular flexibility index (Phi) is 3.98. The molecule has 0 saturated heterocycles. The van der Waals surface area contributed by atoms with Gasteiger partial charge in [-0.25, -0.2) is 0 Å². The van der Waals surface area contributed by atoms with Crippen LogP contribution in [0.3, 0.4) is 0 Å². The maximum Gasteiger partial charge on any atom is 0.258 e. The number of carbonyl (C=O) groups is 2. The molecule has 0 spiro atoms. The van der Waals surface area contributed by atoms with E-state index in [-0.39, 0.29) is 11.7 Å². The molecule has 0 bridgehead atoms. The van der Waals surface area contributed by atoms with Crippen LogP contribution >= 0.6 is 0 Å². The van der Waals surface area contributed by atoms with Crippen LogP contribution in [0.25, 0.3) is 11.6 Å². The van der Waals surface area contributed by atoms with Crippen molar-refractivity contribution in [2.45, 2.75) is 0 Å². The van der Waals surface area contributed by atoms with Crippen molar-refractivity contribution in [3.8, 4) is 0 Å². The quantitative estimate of drug-likeness (QED) is 0.693. The van der Waals surface area contributed by atoms with E-state index in [1.807, 2.05) is 78.9 Å². The lowest BCUT2D eigenvalue weighted by Gasteiger charge is -2.19. The number of nitrogens with zero attached hydrogens (tertiary/aromatic N) is 1. The minimum Gasteiger partial charge on any atom is -0.311 e. The summed E-state index contributed by atoms with van der Waals surface area (Å²) in [6.07, 6.45) is 1.87. The molecule has 126 valence electrons. The highest BCUT2D eigenvalue weighted by molar-refractivity contribution is 6.38. The van der Waals surface area contributed by atoms with Gasteiger partial charge in [-0.15, -0.1) is 0 Å². The Balaban J connectivity index is 1.75. The van der Waals surface area contributed by atoms with E-state index in [0.717, 1.165) is 11.3 Å². The van der Waals surface area contributed by atoms with Crippen LogP contribution in [0.1, 0.15) is 31.8 Å². The summed E-state index contributed by atoms with van der Waals surface area (Å²) in [7, 11) is 1.74. The molecule has 0 fully saturated rings. The van der Waals surface area contributed by atoms with Crippen molar-refractivity contribution in [2.24, 2.45) is 0 Å². The number of Topliss-reactive ketones (excluding diaryl/α,β-unsaturated/α-hetero) is 1. The van der Waals surface area contributed by atoms with E-state index in [1.54, 1.807) is 18.0 Å². The van der Waals surface area contributed by atoms with Crippen LogP contribution < -0.4 is 4.90 Å². The first kappa shape index (κ1) is 16.0. The summed E-state index contributed by atoms with van der Waals surface area (Å²) in [5.74, 6) is -0.181. The second-order valence-electron chi connectivity index (χ2n) is 6.22. The number of hydrogen-bond donors (Lipinski definition) is 0. The molecule has 4 rings (SSSR count). The Bertz CT molecular complexity index is 1030. The second kappa shape index (κ2) is 6.45. The highest BCUT2D eigenvalue weighted by Gasteiger charge is 2.27. The highest BCUT2D eigenvalue weighted by Crippen LogP contribution is 2.33. The molecule has 0 heterocycles. The molecule has 0 atom stereocenters. The summed E-state index contributed by atoms with van der Waals surface area (Å²) in [5.41, 5.74) is 4.14. The van der Waals surface area contributed by atoms with Crippen LogP contribution in [0, 0.1) is 0 Å². The Morgan fingerprint density at radius 3 is 2.12 bits per heavy atom. The number of amides is 1. The molecule has 1 aliphatic rings. The molecule has 3 aromatic carbocycles. The average molecular weight is 339 g/mol. The number of anilines is 1. The molecular weight excluding hydrogens is 322 g/mol. The lowest BCUT2D eigenvalue weighted by molar-refractivity contribution is 0.0993. The zero-order valence-electron chi connectivity index (χ0n) is 14.3. The van der Waals surface area contributed by atoms with Gasteiger partial charge in [-0.05, 0) is 35.4 Å². The number of para-hydroxylation sites is 1. The third-order valence-electron chi connectivity index (χ3n) is 4.65. The average Bonchev–Trinajstić information content (AvgIpc) is 3.04. The van der Waals surface area contributed by atoms with Crippen LogP contribution in [0.15, 0.2) is 78.9 Å². The Labute approximate surface area is 152 Å². The van der Waals surface area contributed by atoms with Crippen LogP contribution in [-0.2, 0) is 0 Å². The van der Waals surface area contributed by atoms with Crippen molar-refractivity contribution in [1.29, 1.82) is 0 Å². The van der Waals surface area contributed by atoms with Gasteiger partial charge >= 0.3 is 0 Å². The fraction of sp³-hybridized carbons (Fsp3) is 0.0435. The number of ketones is 1. The summed E-state index contributed by atoms with van der Waals surface area (Å²) in [4.78, 5) is 27.5. The van der Waals surface area contributed by atoms with Crippen molar-refractivity contribution < 1.29 is 9.59 Å². The summed E-state index contributed by atoms with van der Waals surface area (Å²) >= 11 is 0. The summed E-state index contributed by atoms with van der Waals surface area (Å²) < 4.78 is 0. The normalized spacial score (nSPS) is 12.5. The summed E-state index contributed by atoms with van der Waals surface area (Å²) in [6.45, 7) is 0. The molecule has 3 aromatic rings. The van der Waals surface area contributed by atoms with Gasteiger partial charge in [0.1, 0.15) is 0 Å². The van der Waals surface area contributed by atoms with Gasteiger partial charge in [0.15, 0.2) is 5.78 Å².